The van der Waals surface area contributed by atoms with Crippen LogP contribution in [0.15, 0.2) is 30.3 Å². The van der Waals surface area contributed by atoms with E-state index in [-0.39, 0.29) is 23.7 Å². The minimum absolute atomic E-state index is 0.0104. The zero-order chi connectivity index (χ0) is 15.6. The number of phenolic OH excluding ortho intramolecular Hbond substituents is 3. The summed E-state index contributed by atoms with van der Waals surface area (Å²) in [5.74, 6) is -1.79. The molecule has 6 heteroatoms. The lowest BCUT2D eigenvalue weighted by molar-refractivity contribution is -0.135. The molecule has 2 aromatic rings. The van der Waals surface area contributed by atoms with Gasteiger partial charge in [0.05, 0.1) is 0 Å². The summed E-state index contributed by atoms with van der Waals surface area (Å²) in [5.41, 5.74) is 0.620. The van der Waals surface area contributed by atoms with Gasteiger partial charge in [-0.1, -0.05) is 6.07 Å². The lowest BCUT2D eigenvalue weighted by atomic mass is 9.78. The molecule has 6 nitrogen and oxygen atoms in total. The summed E-state index contributed by atoms with van der Waals surface area (Å²) in [7, 11) is 0. The first-order chi connectivity index (χ1) is 10.4. The number of benzene rings is 2. The van der Waals surface area contributed by atoms with Gasteiger partial charge in [-0.05, 0) is 34.9 Å². The molecule has 0 spiro atoms. The number of amides is 1. The van der Waals surface area contributed by atoms with E-state index < -0.39 is 17.4 Å². The van der Waals surface area contributed by atoms with Crippen LogP contribution in [0.5, 0.6) is 17.2 Å². The van der Waals surface area contributed by atoms with Crippen LogP contribution in [0, 0.1) is 0 Å². The standard InChI is InChI=1S/C16H13NO5/c18-8-1-2-9-11(4-8)17-15(21)16(22)6-7-3-12(19)13(20)5-10(7)14(9)16/h1-5,14,18-20,22H,6H2,(H,17,21)/t14-,16-/m0/s1. The third-order valence-electron chi connectivity index (χ3n) is 4.47. The maximum Gasteiger partial charge on any atom is 0.257 e. The highest BCUT2D eigenvalue weighted by molar-refractivity contribution is 6.03. The highest BCUT2D eigenvalue weighted by Gasteiger charge is 2.54. The van der Waals surface area contributed by atoms with Crippen molar-refractivity contribution in [2.75, 3.05) is 5.32 Å². The van der Waals surface area contributed by atoms with E-state index in [1.165, 1.54) is 24.3 Å². The third kappa shape index (κ3) is 1.50. The molecule has 0 radical (unpaired) electrons. The van der Waals surface area contributed by atoms with Gasteiger partial charge in [-0.15, -0.1) is 0 Å². The lowest BCUT2D eigenvalue weighted by Gasteiger charge is -2.35. The second-order valence-corrected chi connectivity index (χ2v) is 5.80. The molecule has 0 unspecified atom stereocenters. The van der Waals surface area contributed by atoms with Crippen LogP contribution in [0.2, 0.25) is 0 Å². The number of hydrogen-bond donors (Lipinski definition) is 5. The molecule has 5 N–H and O–H groups in total. The van der Waals surface area contributed by atoms with E-state index in [0.29, 0.717) is 22.4 Å². The van der Waals surface area contributed by atoms with E-state index >= 15 is 0 Å². The monoisotopic (exact) mass is 299 g/mol. The summed E-state index contributed by atoms with van der Waals surface area (Å²) < 4.78 is 0. The van der Waals surface area contributed by atoms with Gasteiger partial charge in [-0.25, -0.2) is 0 Å². The molecule has 0 fully saturated rings. The molecule has 1 aliphatic carbocycles. The fourth-order valence-electron chi connectivity index (χ4n) is 3.48. The topological polar surface area (TPSA) is 110 Å². The molecule has 0 aromatic heterocycles. The van der Waals surface area contributed by atoms with Crippen LogP contribution in [-0.2, 0) is 11.2 Å². The second kappa shape index (κ2) is 3.92. The molecule has 0 saturated heterocycles. The summed E-state index contributed by atoms with van der Waals surface area (Å²) in [6.07, 6.45) is 0.0486. The Kier molecular flexibility index (Phi) is 2.31. The van der Waals surface area contributed by atoms with E-state index in [0.717, 1.165) is 0 Å². The van der Waals surface area contributed by atoms with E-state index in [1.54, 1.807) is 6.07 Å². The van der Waals surface area contributed by atoms with Crippen molar-refractivity contribution in [2.24, 2.45) is 0 Å². The average Bonchev–Trinajstić information content (AvgIpc) is 2.73. The van der Waals surface area contributed by atoms with E-state index in [4.69, 9.17) is 0 Å². The van der Waals surface area contributed by atoms with Crippen LogP contribution in [0.25, 0.3) is 0 Å². The molecule has 0 bridgehead atoms. The number of carbonyl (C=O) groups excluding carboxylic acids is 1. The minimum Gasteiger partial charge on any atom is -0.508 e. The highest BCUT2D eigenvalue weighted by Crippen LogP contribution is 2.52. The molecule has 1 amide bonds. The Bertz CT molecular complexity index is 832. The van der Waals surface area contributed by atoms with Gasteiger partial charge in [0.1, 0.15) is 5.75 Å². The van der Waals surface area contributed by atoms with Gasteiger partial charge >= 0.3 is 0 Å². The first kappa shape index (κ1) is 13.0. The lowest BCUT2D eigenvalue weighted by Crippen LogP contribution is -2.50. The zero-order valence-corrected chi connectivity index (χ0v) is 11.4. The van der Waals surface area contributed by atoms with Crippen molar-refractivity contribution in [3.05, 3.63) is 47.0 Å². The van der Waals surface area contributed by atoms with Gasteiger partial charge in [0.2, 0.25) is 0 Å². The number of phenols is 3. The maximum atomic E-state index is 12.3. The Morgan fingerprint density at radius 1 is 1.05 bits per heavy atom. The Labute approximate surface area is 125 Å². The number of aromatic hydroxyl groups is 3. The Morgan fingerprint density at radius 2 is 1.77 bits per heavy atom. The molecule has 0 saturated carbocycles. The van der Waals surface area contributed by atoms with Crippen LogP contribution >= 0.6 is 0 Å². The molecule has 2 atom stereocenters. The largest absolute Gasteiger partial charge is 0.508 e. The minimum atomic E-state index is -1.67. The summed E-state index contributed by atoms with van der Waals surface area (Å²) in [5, 5.41) is 42.4. The number of aliphatic hydroxyl groups is 1. The first-order valence-electron chi connectivity index (χ1n) is 6.81. The number of rotatable bonds is 0. The van der Waals surface area contributed by atoms with Crippen LogP contribution < -0.4 is 5.32 Å². The third-order valence-corrected chi connectivity index (χ3v) is 4.47. The van der Waals surface area contributed by atoms with Crippen LogP contribution in [0.1, 0.15) is 22.6 Å². The Hall–Kier alpha value is -2.73. The van der Waals surface area contributed by atoms with Crippen LogP contribution in [0.4, 0.5) is 5.69 Å². The van der Waals surface area contributed by atoms with Gasteiger partial charge < -0.3 is 25.7 Å². The zero-order valence-electron chi connectivity index (χ0n) is 11.4. The van der Waals surface area contributed by atoms with E-state index in [1.807, 2.05) is 0 Å². The number of carbonyl (C=O) groups is 1. The molecule has 2 aliphatic rings. The summed E-state index contributed by atoms with van der Waals surface area (Å²) in [6.45, 7) is 0. The predicted octanol–water partition coefficient (Wildman–Crippen LogP) is 1.17. The number of hydrogen-bond acceptors (Lipinski definition) is 5. The van der Waals surface area contributed by atoms with Crippen molar-refractivity contribution in [1.29, 1.82) is 0 Å². The van der Waals surface area contributed by atoms with E-state index in [2.05, 4.69) is 5.32 Å². The Morgan fingerprint density at radius 3 is 2.55 bits per heavy atom. The van der Waals surface area contributed by atoms with Crippen molar-refractivity contribution >= 4 is 11.6 Å². The quantitative estimate of drug-likeness (QED) is 0.469. The average molecular weight is 299 g/mol. The first-order valence-corrected chi connectivity index (χ1v) is 6.81. The predicted molar refractivity (Wildman–Crippen MR) is 77.0 cm³/mol. The molecule has 1 heterocycles. The highest BCUT2D eigenvalue weighted by atomic mass is 16.3. The molecular weight excluding hydrogens is 286 g/mol. The van der Waals surface area contributed by atoms with Gasteiger partial charge in [-0.2, -0.15) is 0 Å². The fourth-order valence-corrected chi connectivity index (χ4v) is 3.48. The van der Waals surface area contributed by atoms with Gasteiger partial charge in [0.15, 0.2) is 17.1 Å². The number of nitrogens with one attached hydrogen (secondary N) is 1. The summed E-state index contributed by atoms with van der Waals surface area (Å²) in [6, 6.07) is 7.29. The summed E-state index contributed by atoms with van der Waals surface area (Å²) in [4.78, 5) is 12.3. The van der Waals surface area contributed by atoms with Crippen molar-refractivity contribution in [1.82, 2.24) is 0 Å². The molecule has 22 heavy (non-hydrogen) atoms. The number of anilines is 1. The second-order valence-electron chi connectivity index (χ2n) is 5.80. The van der Waals surface area contributed by atoms with Crippen molar-refractivity contribution in [2.45, 2.75) is 17.9 Å². The normalized spacial score (nSPS) is 25.1. The van der Waals surface area contributed by atoms with Gasteiger partial charge in [-0.3, -0.25) is 4.79 Å². The molecule has 2 aromatic carbocycles. The van der Waals surface area contributed by atoms with Gasteiger partial charge in [0.25, 0.3) is 5.91 Å². The SMILES string of the molecule is O=C1Nc2cc(O)ccc2[C@H]2c3cc(O)c(O)cc3C[C@@]12O. The molecule has 112 valence electrons. The molecule has 1 aliphatic heterocycles. The van der Waals surface area contributed by atoms with Crippen LogP contribution in [0.3, 0.4) is 0 Å². The number of fused-ring (bicyclic) bond motifs is 5. The maximum absolute atomic E-state index is 12.3. The van der Waals surface area contributed by atoms with E-state index in [9.17, 15) is 25.2 Å². The van der Waals surface area contributed by atoms with Crippen molar-refractivity contribution in [3.63, 3.8) is 0 Å². The summed E-state index contributed by atoms with van der Waals surface area (Å²) >= 11 is 0. The fraction of sp³-hybridized carbons (Fsp3) is 0.188. The Balaban J connectivity index is 1.99. The van der Waals surface area contributed by atoms with Crippen molar-refractivity contribution in [3.8, 4) is 17.2 Å². The van der Waals surface area contributed by atoms with Crippen molar-refractivity contribution < 1.29 is 25.2 Å². The van der Waals surface area contributed by atoms with Gasteiger partial charge in [0, 0.05) is 24.1 Å². The molecule has 4 rings (SSSR count). The smallest absolute Gasteiger partial charge is 0.257 e. The molecular formula is C16H13NO5. The van der Waals surface area contributed by atoms with Crippen LogP contribution in [-0.4, -0.2) is 31.9 Å².